The molecule has 0 fully saturated rings. The number of aryl methyl sites for hydroxylation is 1. The molecule has 1 N–H and O–H groups in total. The van der Waals surface area contributed by atoms with Crippen LogP contribution in [0.2, 0.25) is 0 Å². The molecule has 0 spiro atoms. The van der Waals surface area contributed by atoms with Crippen LogP contribution in [-0.2, 0) is 20.1 Å². The first kappa shape index (κ1) is 15.2. The average Bonchev–Trinajstić information content (AvgIpc) is 2.79. The maximum Gasteiger partial charge on any atom is 0.252 e. The van der Waals surface area contributed by atoms with Gasteiger partial charge < -0.3 is 19.8 Å². The second-order valence-electron chi connectivity index (χ2n) is 4.61. The highest BCUT2D eigenvalue weighted by atomic mass is 32.1. The van der Waals surface area contributed by atoms with E-state index in [0.717, 1.165) is 12.1 Å². The van der Waals surface area contributed by atoms with Gasteiger partial charge in [-0.25, -0.2) is 0 Å². The summed E-state index contributed by atoms with van der Waals surface area (Å²) in [6, 6.07) is 9.96. The normalized spacial score (nSPS) is 10.4. The Hall–Kier alpha value is -2.15. The van der Waals surface area contributed by atoms with Crippen molar-refractivity contribution < 1.29 is 14.3 Å². The number of benzene rings is 1. The quantitative estimate of drug-likeness (QED) is 0.640. The molecule has 0 bridgehead atoms. The minimum absolute atomic E-state index is 0.347. The van der Waals surface area contributed by atoms with Crippen LogP contribution in [0.1, 0.15) is 18.2 Å². The predicted octanol–water partition coefficient (Wildman–Crippen LogP) is 0.469. The Bertz CT molecular complexity index is 581. The van der Waals surface area contributed by atoms with Crippen molar-refractivity contribution >= 4 is 17.3 Å². The van der Waals surface area contributed by atoms with E-state index in [2.05, 4.69) is 15.1 Å². The number of hydrogen-bond acceptors (Lipinski definition) is 4. The molecule has 1 aromatic carbocycles. The van der Waals surface area contributed by atoms with Gasteiger partial charge in [0, 0.05) is 13.1 Å². The highest BCUT2D eigenvalue weighted by molar-refractivity contribution is 7.80. The predicted molar refractivity (Wildman–Crippen MR) is 79.1 cm³/mol. The van der Waals surface area contributed by atoms with Crippen LogP contribution in [0, 0.1) is 0 Å². The summed E-state index contributed by atoms with van der Waals surface area (Å²) in [7, 11) is 1.68. The molecule has 1 aromatic heterocycles. The van der Waals surface area contributed by atoms with Gasteiger partial charge in [-0.3, -0.25) is 0 Å². The summed E-state index contributed by atoms with van der Waals surface area (Å²) < 4.78 is 6.09. The van der Waals surface area contributed by atoms with Crippen LogP contribution < -0.4 is 15.1 Å². The second kappa shape index (κ2) is 7.03. The molecule has 0 saturated heterocycles. The summed E-state index contributed by atoms with van der Waals surface area (Å²) in [6.45, 7) is 3.66. The van der Waals surface area contributed by atoms with Crippen molar-refractivity contribution in [2.24, 2.45) is 7.05 Å². The third-order valence-corrected chi connectivity index (χ3v) is 3.45. The first-order valence-corrected chi connectivity index (χ1v) is 7.11. The zero-order chi connectivity index (χ0) is 15.2. The number of thiocarbonyl (C=S) groups is 1. The molecule has 0 aliphatic heterocycles. The summed E-state index contributed by atoms with van der Waals surface area (Å²) in [5.41, 5.74) is 1.58. The largest absolute Gasteiger partial charge is 0.539 e. The first-order chi connectivity index (χ1) is 10.1. The molecular formula is C14H18N4O2S. The van der Waals surface area contributed by atoms with Crippen molar-refractivity contribution in [3.05, 3.63) is 41.6 Å². The molecule has 0 unspecified atom stereocenters. The third-order valence-electron chi connectivity index (χ3n) is 3.04. The van der Waals surface area contributed by atoms with Gasteiger partial charge in [0.2, 0.25) is 0 Å². The van der Waals surface area contributed by atoms with Crippen LogP contribution in [0.15, 0.2) is 34.9 Å². The zero-order valence-electron chi connectivity index (χ0n) is 12.1. The molecule has 0 atom stereocenters. The maximum atomic E-state index is 11.7. The van der Waals surface area contributed by atoms with E-state index in [1.54, 1.807) is 7.05 Å². The lowest BCUT2D eigenvalue weighted by atomic mass is 10.2. The molecule has 2 rings (SSSR count). The van der Waals surface area contributed by atoms with E-state index in [-0.39, 0.29) is 0 Å². The van der Waals surface area contributed by atoms with Gasteiger partial charge in [0.1, 0.15) is 6.54 Å². The van der Waals surface area contributed by atoms with E-state index in [9.17, 15) is 5.11 Å². The van der Waals surface area contributed by atoms with Crippen LogP contribution in [-0.4, -0.2) is 21.8 Å². The van der Waals surface area contributed by atoms with Crippen LogP contribution in [0.4, 0.5) is 0 Å². The molecule has 0 amide bonds. The summed E-state index contributed by atoms with van der Waals surface area (Å²) in [6.07, 6.45) is 0. The number of aromatic nitrogens is 2. The van der Waals surface area contributed by atoms with Crippen molar-refractivity contribution in [3.63, 3.8) is 0 Å². The summed E-state index contributed by atoms with van der Waals surface area (Å²) in [5.74, 6) is -0.435. The number of nitrogens with zero attached hydrogens (tertiary/aromatic N) is 3. The fraction of sp³-hybridized carbons (Fsp3) is 0.357. The highest BCUT2D eigenvalue weighted by Crippen LogP contribution is 2.13. The Morgan fingerprint density at radius 1 is 1.38 bits per heavy atom. The lowest BCUT2D eigenvalue weighted by molar-refractivity contribution is -0.746. The molecule has 2 aromatic rings. The van der Waals surface area contributed by atoms with Crippen LogP contribution >= 0.6 is 12.2 Å². The van der Waals surface area contributed by atoms with Crippen molar-refractivity contribution in [2.75, 3.05) is 6.54 Å². The maximum absolute atomic E-state index is 11.7. The molecule has 21 heavy (non-hydrogen) atoms. The average molecular weight is 306 g/mol. The SMILES string of the molecule is CCNC(=S)N(Cc1ccccc1)Cc1c([O-])on[n+]1C. The fourth-order valence-electron chi connectivity index (χ4n) is 1.95. The first-order valence-electron chi connectivity index (χ1n) is 6.70. The van der Waals surface area contributed by atoms with Gasteiger partial charge in [0.25, 0.3) is 5.69 Å². The monoisotopic (exact) mass is 306 g/mol. The van der Waals surface area contributed by atoms with E-state index < -0.39 is 5.95 Å². The minimum Gasteiger partial charge on any atom is -0.539 e. The van der Waals surface area contributed by atoms with Crippen LogP contribution in [0.3, 0.4) is 0 Å². The van der Waals surface area contributed by atoms with E-state index in [1.165, 1.54) is 4.68 Å². The molecule has 112 valence electrons. The summed E-state index contributed by atoms with van der Waals surface area (Å²) in [5, 5.41) is 19.0. The third kappa shape index (κ3) is 3.91. The highest BCUT2D eigenvalue weighted by Gasteiger charge is 2.19. The molecule has 0 radical (unpaired) electrons. The molecule has 0 aliphatic carbocycles. The Labute approximate surface area is 129 Å². The molecular weight excluding hydrogens is 288 g/mol. The molecule has 6 nitrogen and oxygen atoms in total. The molecule has 0 aliphatic rings. The van der Waals surface area contributed by atoms with Crippen molar-refractivity contribution in [1.82, 2.24) is 15.5 Å². The van der Waals surface area contributed by atoms with Crippen LogP contribution in [0.25, 0.3) is 0 Å². The van der Waals surface area contributed by atoms with Crippen molar-refractivity contribution in [2.45, 2.75) is 20.0 Å². The van der Waals surface area contributed by atoms with Gasteiger partial charge in [0.05, 0.1) is 5.27 Å². The van der Waals surface area contributed by atoms with Gasteiger partial charge in [-0.15, -0.1) is 0 Å². The van der Waals surface area contributed by atoms with Gasteiger partial charge in [-0.1, -0.05) is 35.0 Å². The smallest absolute Gasteiger partial charge is 0.252 e. The topological polar surface area (TPSA) is 68.2 Å². The zero-order valence-corrected chi connectivity index (χ0v) is 12.9. The molecule has 0 saturated carbocycles. The lowest BCUT2D eigenvalue weighted by Crippen LogP contribution is -2.43. The standard InChI is InChI=1S/C14H18N4O2S/c1-3-15-14(21)18(9-11-7-5-4-6-8-11)10-12-13(19)20-16-17(12)2/h4-8H,3,9-10H2,1-2H3,(H-,15,16,19,21). The van der Waals surface area contributed by atoms with Crippen LogP contribution in [0.5, 0.6) is 5.95 Å². The van der Waals surface area contributed by atoms with E-state index >= 15 is 0 Å². The van der Waals surface area contributed by atoms with E-state index in [1.807, 2.05) is 42.2 Å². The Kier molecular flexibility index (Phi) is 5.10. The molecule has 1 heterocycles. The number of nitrogens with one attached hydrogen (secondary N) is 1. The Balaban J connectivity index is 2.18. The van der Waals surface area contributed by atoms with Gasteiger partial charge in [0.15, 0.2) is 18.1 Å². The number of rotatable bonds is 5. The van der Waals surface area contributed by atoms with Gasteiger partial charge in [-0.05, 0) is 24.7 Å². The number of hydrogen-bond donors (Lipinski definition) is 1. The summed E-state index contributed by atoms with van der Waals surface area (Å²) in [4.78, 5) is 1.92. The van der Waals surface area contributed by atoms with Crippen molar-refractivity contribution in [1.29, 1.82) is 0 Å². The van der Waals surface area contributed by atoms with Crippen molar-refractivity contribution in [3.8, 4) is 5.95 Å². The van der Waals surface area contributed by atoms with Gasteiger partial charge >= 0.3 is 0 Å². The second-order valence-corrected chi connectivity index (χ2v) is 4.99. The van der Waals surface area contributed by atoms with E-state index in [0.29, 0.717) is 23.9 Å². The summed E-state index contributed by atoms with van der Waals surface area (Å²) >= 11 is 5.39. The molecule has 7 heteroatoms. The Morgan fingerprint density at radius 2 is 2.10 bits per heavy atom. The fourth-order valence-corrected chi connectivity index (χ4v) is 2.22. The Morgan fingerprint density at radius 3 is 2.67 bits per heavy atom. The van der Waals surface area contributed by atoms with Gasteiger partial charge in [-0.2, -0.15) is 0 Å². The lowest BCUT2D eigenvalue weighted by Gasteiger charge is -2.24. The minimum atomic E-state index is -0.435. The van der Waals surface area contributed by atoms with E-state index in [4.69, 9.17) is 12.2 Å².